The van der Waals surface area contributed by atoms with Crippen LogP contribution >= 0.6 is 11.8 Å². The molecule has 6 nitrogen and oxygen atoms in total. The van der Waals surface area contributed by atoms with Crippen LogP contribution in [0.2, 0.25) is 0 Å². The second kappa shape index (κ2) is 13.7. The van der Waals surface area contributed by atoms with Crippen molar-refractivity contribution in [3.63, 3.8) is 0 Å². The monoisotopic (exact) mass is 500 g/mol. The van der Waals surface area contributed by atoms with Crippen molar-refractivity contribution >= 4 is 41.3 Å². The Morgan fingerprint density at radius 2 is 1.72 bits per heavy atom. The van der Waals surface area contributed by atoms with Gasteiger partial charge in [-0.25, -0.2) is 4.79 Å². The average molecular weight is 501 g/mol. The van der Waals surface area contributed by atoms with Crippen molar-refractivity contribution in [2.45, 2.75) is 18.7 Å². The highest BCUT2D eigenvalue weighted by molar-refractivity contribution is 7.99. The Kier molecular flexibility index (Phi) is 10.1. The lowest BCUT2D eigenvalue weighted by Crippen LogP contribution is -2.30. The summed E-state index contributed by atoms with van der Waals surface area (Å²) in [5.74, 6) is -0.612. The summed E-state index contributed by atoms with van der Waals surface area (Å²) in [5.41, 5.74) is 3.01. The molecule has 36 heavy (non-hydrogen) atoms. The molecule has 3 rings (SSSR count). The zero-order valence-corrected chi connectivity index (χ0v) is 21.0. The van der Waals surface area contributed by atoms with Gasteiger partial charge in [0, 0.05) is 28.0 Å². The first-order valence-electron chi connectivity index (χ1n) is 11.5. The zero-order chi connectivity index (χ0) is 25.8. The summed E-state index contributed by atoms with van der Waals surface area (Å²) >= 11 is 1.51. The van der Waals surface area contributed by atoms with E-state index in [9.17, 15) is 14.4 Å². The summed E-state index contributed by atoms with van der Waals surface area (Å²) in [6.07, 6.45) is 4.79. The Balaban J connectivity index is 1.74. The van der Waals surface area contributed by atoms with Crippen molar-refractivity contribution in [3.8, 4) is 0 Å². The van der Waals surface area contributed by atoms with Gasteiger partial charge in [-0.15, -0.1) is 11.8 Å². The van der Waals surface area contributed by atoms with Crippen molar-refractivity contribution in [1.82, 2.24) is 5.32 Å². The maximum absolute atomic E-state index is 13.2. The third kappa shape index (κ3) is 8.60. The number of carbonyl (C=O) groups is 3. The lowest BCUT2D eigenvalue weighted by Gasteiger charge is -2.12. The number of anilines is 1. The highest BCUT2D eigenvalue weighted by Gasteiger charge is 2.15. The minimum Gasteiger partial charge on any atom is -0.463 e. The van der Waals surface area contributed by atoms with Gasteiger partial charge in [-0.2, -0.15) is 0 Å². The van der Waals surface area contributed by atoms with Crippen LogP contribution in [-0.4, -0.2) is 30.1 Å². The first-order chi connectivity index (χ1) is 17.4. The molecule has 0 saturated carbocycles. The molecular weight excluding hydrogens is 472 g/mol. The van der Waals surface area contributed by atoms with Crippen LogP contribution in [0, 0.1) is 6.92 Å². The molecule has 0 saturated heterocycles. The Hall–Kier alpha value is -4.10. The fourth-order valence-corrected chi connectivity index (χ4v) is 3.98. The molecule has 0 aromatic heterocycles. The number of thioether (sulfide) groups is 1. The number of esters is 1. The molecule has 0 radical (unpaired) electrons. The van der Waals surface area contributed by atoms with Gasteiger partial charge in [0.15, 0.2) is 0 Å². The number of nitrogens with one attached hydrogen (secondary N) is 2. The molecule has 0 aliphatic heterocycles. The average Bonchev–Trinajstić information content (AvgIpc) is 2.87. The van der Waals surface area contributed by atoms with Crippen molar-refractivity contribution in [3.05, 3.63) is 113 Å². The van der Waals surface area contributed by atoms with E-state index < -0.39 is 5.91 Å². The number of ether oxygens (including phenoxy) is 1. The van der Waals surface area contributed by atoms with Crippen LogP contribution in [0.4, 0.5) is 5.69 Å². The van der Waals surface area contributed by atoms with E-state index in [1.807, 2.05) is 55.5 Å². The van der Waals surface area contributed by atoms with Gasteiger partial charge in [-0.1, -0.05) is 60.2 Å². The summed E-state index contributed by atoms with van der Waals surface area (Å²) in [6, 6.07) is 23.8. The fourth-order valence-electron chi connectivity index (χ4n) is 3.21. The number of rotatable bonds is 10. The topological polar surface area (TPSA) is 84.5 Å². The Morgan fingerprint density at radius 1 is 0.944 bits per heavy atom. The molecule has 0 unspecified atom stereocenters. The summed E-state index contributed by atoms with van der Waals surface area (Å²) < 4.78 is 4.87. The number of hydrogen-bond acceptors (Lipinski definition) is 5. The third-order valence-electron chi connectivity index (χ3n) is 4.86. The smallest absolute Gasteiger partial charge is 0.330 e. The van der Waals surface area contributed by atoms with Gasteiger partial charge < -0.3 is 15.4 Å². The molecule has 184 valence electrons. The Labute approximate surface area is 215 Å². The van der Waals surface area contributed by atoms with Gasteiger partial charge in [0.1, 0.15) is 5.70 Å². The predicted octanol–water partition coefficient (Wildman–Crippen LogP) is 5.62. The van der Waals surface area contributed by atoms with Crippen molar-refractivity contribution in [1.29, 1.82) is 0 Å². The van der Waals surface area contributed by atoms with E-state index in [2.05, 4.69) is 10.6 Å². The maximum atomic E-state index is 13.2. The zero-order valence-electron chi connectivity index (χ0n) is 20.2. The second-order valence-corrected chi connectivity index (χ2v) is 8.83. The standard InChI is InChI=1S/C29H28N2O4S/c1-3-35-27(32)16-9-17-36-25-15-8-14-24(20-25)30-29(34)26(19-22-11-7-10-21(2)18-22)31-28(33)23-12-5-4-6-13-23/h4-16,18-20H,3,17H2,1-2H3,(H,30,34)(H,31,33)/b16-9+,26-19+. The number of aryl methyl sites for hydroxylation is 1. The minimum atomic E-state index is -0.440. The van der Waals surface area contributed by atoms with E-state index in [4.69, 9.17) is 4.74 Å². The first kappa shape index (κ1) is 26.5. The van der Waals surface area contributed by atoms with Crippen molar-refractivity contribution in [2.24, 2.45) is 0 Å². The van der Waals surface area contributed by atoms with Crippen molar-refractivity contribution < 1.29 is 19.1 Å². The van der Waals surface area contributed by atoms with Crippen LogP contribution in [0.5, 0.6) is 0 Å². The molecule has 2 N–H and O–H groups in total. The SMILES string of the molecule is CCOC(=O)/C=C/CSc1cccc(NC(=O)/C(=C\c2cccc(C)c2)NC(=O)c2ccccc2)c1. The highest BCUT2D eigenvalue weighted by Crippen LogP contribution is 2.22. The Bertz CT molecular complexity index is 1270. The highest BCUT2D eigenvalue weighted by atomic mass is 32.2. The van der Waals surface area contributed by atoms with Crippen molar-refractivity contribution in [2.75, 3.05) is 17.7 Å². The summed E-state index contributed by atoms with van der Waals surface area (Å²) in [4.78, 5) is 38.3. The van der Waals surface area contributed by atoms with Crippen LogP contribution in [0.25, 0.3) is 6.08 Å². The third-order valence-corrected chi connectivity index (χ3v) is 5.81. The maximum Gasteiger partial charge on any atom is 0.330 e. The number of amides is 2. The molecule has 0 fully saturated rings. The predicted molar refractivity (Wildman–Crippen MR) is 145 cm³/mol. The van der Waals surface area contributed by atoms with E-state index in [-0.39, 0.29) is 17.6 Å². The molecule has 7 heteroatoms. The van der Waals surface area contributed by atoms with E-state index in [1.165, 1.54) is 17.8 Å². The Morgan fingerprint density at radius 3 is 2.47 bits per heavy atom. The normalized spacial score (nSPS) is 11.2. The van der Waals surface area contributed by atoms with Gasteiger partial charge in [-0.05, 0) is 55.8 Å². The van der Waals surface area contributed by atoms with Gasteiger partial charge in [0.25, 0.3) is 11.8 Å². The molecule has 0 bridgehead atoms. The number of benzene rings is 3. The molecule has 0 aliphatic rings. The molecule has 3 aromatic rings. The first-order valence-corrected chi connectivity index (χ1v) is 12.5. The molecular formula is C29H28N2O4S. The second-order valence-electron chi connectivity index (χ2n) is 7.74. The number of carbonyl (C=O) groups excluding carboxylic acids is 3. The van der Waals surface area contributed by atoms with Gasteiger partial charge >= 0.3 is 5.97 Å². The van der Waals surface area contributed by atoms with E-state index in [0.29, 0.717) is 23.6 Å². The molecule has 3 aromatic carbocycles. The molecule has 0 aliphatic carbocycles. The van der Waals surface area contributed by atoms with E-state index in [1.54, 1.807) is 49.4 Å². The lowest BCUT2D eigenvalue weighted by molar-refractivity contribution is -0.137. The molecule has 0 atom stereocenters. The van der Waals surface area contributed by atoms with Crippen LogP contribution in [0.3, 0.4) is 0 Å². The summed E-state index contributed by atoms with van der Waals surface area (Å²) in [5, 5.41) is 5.62. The number of hydrogen-bond donors (Lipinski definition) is 2. The van der Waals surface area contributed by atoms with Crippen LogP contribution in [0.15, 0.2) is 102 Å². The van der Waals surface area contributed by atoms with E-state index >= 15 is 0 Å². The molecule has 0 spiro atoms. The summed E-state index contributed by atoms with van der Waals surface area (Å²) in [7, 11) is 0. The molecule has 0 heterocycles. The van der Waals surface area contributed by atoms with Gasteiger partial charge in [0.2, 0.25) is 0 Å². The minimum absolute atomic E-state index is 0.130. The largest absolute Gasteiger partial charge is 0.463 e. The quantitative estimate of drug-likeness (QED) is 0.215. The van der Waals surface area contributed by atoms with Gasteiger partial charge in [-0.3, -0.25) is 9.59 Å². The molecule has 2 amide bonds. The lowest BCUT2D eigenvalue weighted by atomic mass is 10.1. The fraction of sp³-hybridized carbons (Fsp3) is 0.138. The van der Waals surface area contributed by atoms with E-state index in [0.717, 1.165) is 16.0 Å². The van der Waals surface area contributed by atoms with Crippen LogP contribution in [-0.2, 0) is 14.3 Å². The van der Waals surface area contributed by atoms with Gasteiger partial charge in [0.05, 0.1) is 6.61 Å². The van der Waals surface area contributed by atoms with Crippen LogP contribution in [0.1, 0.15) is 28.4 Å². The summed E-state index contributed by atoms with van der Waals surface area (Å²) in [6.45, 7) is 4.06. The van der Waals surface area contributed by atoms with Crippen LogP contribution < -0.4 is 10.6 Å².